The lowest BCUT2D eigenvalue weighted by Crippen LogP contribution is -2.54. The lowest BCUT2D eigenvalue weighted by Gasteiger charge is -2.61. The maximum Gasteiger partial charge on any atom is 0.423 e. The summed E-state index contributed by atoms with van der Waals surface area (Å²) >= 11 is 0. The normalized spacial score (nSPS) is 44.5. The summed E-state index contributed by atoms with van der Waals surface area (Å²) < 4.78 is 5.86. The molecule has 1 saturated heterocycles. The third kappa shape index (κ3) is 4.90. The third-order valence-corrected chi connectivity index (χ3v) is 13.3. The van der Waals surface area contributed by atoms with Gasteiger partial charge >= 0.3 is 6.09 Å². The zero-order valence-electron chi connectivity index (χ0n) is 25.7. The molecule has 220 valence electrons. The topological polar surface area (TPSA) is 63.7 Å². The predicted molar refractivity (Wildman–Crippen MR) is 154 cm³/mol. The average Bonchev–Trinajstić information content (AvgIpc) is 3.36. The average molecular weight is 542 g/mol. The molecule has 11 unspecified atom stereocenters. The molecule has 0 aromatic rings. The lowest BCUT2D eigenvalue weighted by atomic mass is 9.44. The number of unbranched alkanes of at least 4 members (excludes halogenated alkanes) is 3. The fourth-order valence-electron chi connectivity index (χ4n) is 10.7. The van der Waals surface area contributed by atoms with Crippen molar-refractivity contribution in [3.8, 4) is 0 Å². The molecule has 5 fully saturated rings. The molecule has 4 aliphatic carbocycles. The molecule has 0 bridgehead atoms. The van der Waals surface area contributed by atoms with Gasteiger partial charge in [0.25, 0.3) is 0 Å². The van der Waals surface area contributed by atoms with Crippen LogP contribution in [0.1, 0.15) is 131 Å². The van der Waals surface area contributed by atoms with Crippen LogP contribution in [0.15, 0.2) is 0 Å². The number of amides is 3. The van der Waals surface area contributed by atoms with E-state index in [0.717, 1.165) is 53.8 Å². The van der Waals surface area contributed by atoms with Gasteiger partial charge in [0.2, 0.25) is 11.8 Å². The van der Waals surface area contributed by atoms with Gasteiger partial charge in [-0.1, -0.05) is 73.6 Å². The van der Waals surface area contributed by atoms with Gasteiger partial charge in [-0.3, -0.25) is 9.59 Å². The van der Waals surface area contributed by atoms with Crippen LogP contribution in [-0.2, 0) is 14.3 Å². The first-order chi connectivity index (χ1) is 18.5. The monoisotopic (exact) mass is 541 g/mol. The van der Waals surface area contributed by atoms with E-state index in [4.69, 9.17) is 4.74 Å². The zero-order chi connectivity index (χ0) is 28.1. The van der Waals surface area contributed by atoms with E-state index in [1.54, 1.807) is 13.8 Å². The number of carbonyl (C=O) groups excluding carboxylic acids is 3. The van der Waals surface area contributed by atoms with E-state index in [1.807, 2.05) is 0 Å². The molecule has 0 aromatic heterocycles. The number of imide groups is 3. The highest BCUT2D eigenvalue weighted by Gasteiger charge is 2.61. The molecule has 5 nitrogen and oxygen atoms in total. The maximum atomic E-state index is 12.9. The Hall–Kier alpha value is -1.39. The summed E-state index contributed by atoms with van der Waals surface area (Å²) in [7, 11) is 0. The number of carbonyl (C=O) groups is 3. The fourth-order valence-corrected chi connectivity index (χ4v) is 10.7. The molecule has 0 radical (unpaired) electrons. The van der Waals surface area contributed by atoms with Crippen molar-refractivity contribution in [2.24, 2.45) is 58.2 Å². The van der Waals surface area contributed by atoms with Crippen LogP contribution in [0.25, 0.3) is 0 Å². The molecule has 39 heavy (non-hydrogen) atoms. The molecule has 3 amide bonds. The van der Waals surface area contributed by atoms with Crippen LogP contribution in [0.5, 0.6) is 0 Å². The van der Waals surface area contributed by atoms with E-state index in [0.29, 0.717) is 16.7 Å². The SMILES string of the molecule is CCCCCCC(C)C1CCC2C3CCC4CC(OC(=O)N5C(=O)C(C)C(C)C5=O)CCC4(C)C3CCC12C. The number of rotatable bonds is 7. The minimum Gasteiger partial charge on any atom is -0.445 e. The van der Waals surface area contributed by atoms with Gasteiger partial charge in [0.05, 0.1) is 0 Å². The summed E-state index contributed by atoms with van der Waals surface area (Å²) in [4.78, 5) is 38.7. The molecule has 0 aromatic carbocycles. The van der Waals surface area contributed by atoms with E-state index in [9.17, 15) is 14.4 Å². The van der Waals surface area contributed by atoms with Crippen LogP contribution in [-0.4, -0.2) is 28.9 Å². The highest BCUT2D eigenvalue weighted by atomic mass is 16.6. The Bertz CT molecular complexity index is 927. The first-order valence-electron chi connectivity index (χ1n) is 16.6. The Morgan fingerprint density at radius 1 is 0.897 bits per heavy atom. The van der Waals surface area contributed by atoms with Crippen molar-refractivity contribution in [3.63, 3.8) is 0 Å². The lowest BCUT2D eigenvalue weighted by molar-refractivity contribution is -0.141. The second-order valence-corrected chi connectivity index (χ2v) is 15.1. The Balaban J connectivity index is 1.21. The Morgan fingerprint density at radius 3 is 2.26 bits per heavy atom. The molecule has 5 rings (SSSR count). The van der Waals surface area contributed by atoms with Crippen LogP contribution in [0.2, 0.25) is 0 Å². The smallest absolute Gasteiger partial charge is 0.423 e. The van der Waals surface area contributed by atoms with Crippen LogP contribution >= 0.6 is 0 Å². The van der Waals surface area contributed by atoms with Crippen molar-refractivity contribution in [3.05, 3.63) is 0 Å². The van der Waals surface area contributed by atoms with Gasteiger partial charge in [0.15, 0.2) is 0 Å². The van der Waals surface area contributed by atoms with Gasteiger partial charge in [-0.05, 0) is 104 Å². The first kappa shape index (κ1) is 29.1. The molecule has 1 aliphatic heterocycles. The summed E-state index contributed by atoms with van der Waals surface area (Å²) in [6, 6.07) is 0. The molecule has 1 heterocycles. The summed E-state index contributed by atoms with van der Waals surface area (Å²) in [5, 5.41) is 0. The van der Waals surface area contributed by atoms with Crippen LogP contribution < -0.4 is 0 Å². The second kappa shape index (κ2) is 11.1. The zero-order valence-corrected chi connectivity index (χ0v) is 25.7. The summed E-state index contributed by atoms with van der Waals surface area (Å²) in [5.41, 5.74) is 0.837. The highest BCUT2D eigenvalue weighted by Crippen LogP contribution is 2.68. The van der Waals surface area contributed by atoms with Gasteiger partial charge < -0.3 is 4.74 Å². The van der Waals surface area contributed by atoms with Crippen molar-refractivity contribution >= 4 is 17.9 Å². The van der Waals surface area contributed by atoms with Crippen molar-refractivity contribution in [1.29, 1.82) is 0 Å². The van der Waals surface area contributed by atoms with Crippen molar-refractivity contribution in [1.82, 2.24) is 4.90 Å². The second-order valence-electron chi connectivity index (χ2n) is 15.1. The number of likely N-dealkylation sites (tertiary alicyclic amines) is 1. The number of ether oxygens (including phenoxy) is 1. The minimum absolute atomic E-state index is 0.183. The molecule has 0 N–H and O–H groups in total. The van der Waals surface area contributed by atoms with Gasteiger partial charge in [-0.25, -0.2) is 4.79 Å². The van der Waals surface area contributed by atoms with Crippen LogP contribution in [0, 0.1) is 58.2 Å². The molecule has 5 heteroatoms. The molecule has 4 saturated carbocycles. The Labute approximate surface area is 237 Å². The van der Waals surface area contributed by atoms with Crippen molar-refractivity contribution in [2.75, 3.05) is 0 Å². The molecule has 0 spiro atoms. The van der Waals surface area contributed by atoms with Gasteiger partial charge in [-0.15, -0.1) is 0 Å². The van der Waals surface area contributed by atoms with E-state index in [2.05, 4.69) is 27.7 Å². The van der Waals surface area contributed by atoms with Crippen LogP contribution in [0.4, 0.5) is 4.79 Å². The van der Waals surface area contributed by atoms with Crippen LogP contribution in [0.3, 0.4) is 0 Å². The number of nitrogens with zero attached hydrogens (tertiary/aromatic N) is 1. The van der Waals surface area contributed by atoms with E-state index >= 15 is 0 Å². The third-order valence-electron chi connectivity index (χ3n) is 13.3. The fraction of sp³-hybridized carbons (Fsp3) is 0.912. The quantitative estimate of drug-likeness (QED) is 0.240. The van der Waals surface area contributed by atoms with E-state index in [1.165, 1.54) is 70.6 Å². The number of hydrogen-bond acceptors (Lipinski definition) is 4. The summed E-state index contributed by atoms with van der Waals surface area (Å²) in [5.74, 6) is 3.10. The van der Waals surface area contributed by atoms with E-state index in [-0.39, 0.29) is 6.10 Å². The molecule has 11 atom stereocenters. The molecular weight excluding hydrogens is 486 g/mol. The maximum absolute atomic E-state index is 12.9. The standard InChI is InChI=1S/C34H55NO4/c1-7-8-9-10-11-21(2)27-14-15-28-26-13-12-24-20-25(16-18-33(24,5)29(26)17-19-34(27,28)6)39-32(38)35-30(36)22(3)23(4)31(35)37/h21-29H,7-20H2,1-6H3. The van der Waals surface area contributed by atoms with Crippen molar-refractivity contribution in [2.45, 2.75) is 138 Å². The van der Waals surface area contributed by atoms with E-state index < -0.39 is 29.7 Å². The predicted octanol–water partition coefficient (Wildman–Crippen LogP) is 8.40. The minimum atomic E-state index is -0.738. The summed E-state index contributed by atoms with van der Waals surface area (Å²) in [6.45, 7) is 13.5. The largest absolute Gasteiger partial charge is 0.445 e. The van der Waals surface area contributed by atoms with Gasteiger partial charge in [-0.2, -0.15) is 4.90 Å². The number of hydrogen-bond donors (Lipinski definition) is 0. The summed E-state index contributed by atoms with van der Waals surface area (Å²) in [6.07, 6.45) is 17.0. The Morgan fingerprint density at radius 2 is 1.56 bits per heavy atom. The number of fused-ring (bicyclic) bond motifs is 5. The molecular formula is C34H55NO4. The van der Waals surface area contributed by atoms with Crippen molar-refractivity contribution < 1.29 is 19.1 Å². The molecule has 5 aliphatic rings. The van der Waals surface area contributed by atoms with Gasteiger partial charge in [0, 0.05) is 11.8 Å². The first-order valence-corrected chi connectivity index (χ1v) is 16.6. The van der Waals surface area contributed by atoms with Gasteiger partial charge in [0.1, 0.15) is 6.10 Å². The Kier molecular flexibility index (Phi) is 8.30. The highest BCUT2D eigenvalue weighted by molar-refractivity contribution is 6.15.